The molecule has 3 aromatic rings. The minimum absolute atomic E-state index is 0.670. The molecule has 0 radical (unpaired) electrons. The fourth-order valence-corrected chi connectivity index (χ4v) is 2.64. The number of benzene rings is 2. The van der Waals surface area contributed by atoms with Gasteiger partial charge in [-0.05, 0) is 48.7 Å². The van der Waals surface area contributed by atoms with Crippen molar-refractivity contribution in [1.29, 1.82) is 0 Å². The summed E-state index contributed by atoms with van der Waals surface area (Å²) in [6, 6.07) is 18.0. The van der Waals surface area contributed by atoms with E-state index in [-0.39, 0.29) is 0 Å². The predicted octanol–water partition coefficient (Wildman–Crippen LogP) is 5.35. The lowest BCUT2D eigenvalue weighted by Crippen LogP contribution is -1.93. The zero-order valence-corrected chi connectivity index (χ0v) is 12.5. The minimum atomic E-state index is 0.670. The summed E-state index contributed by atoms with van der Waals surface area (Å²) in [5, 5.41) is 5.01. The fourth-order valence-electron chi connectivity index (χ4n) is 2.00. The van der Waals surface area contributed by atoms with Crippen LogP contribution in [0.25, 0.3) is 10.9 Å². The third-order valence-electron chi connectivity index (χ3n) is 3.03. The van der Waals surface area contributed by atoms with Crippen LogP contribution >= 0.6 is 23.4 Å². The van der Waals surface area contributed by atoms with Gasteiger partial charge in [-0.15, -0.1) is 11.8 Å². The van der Waals surface area contributed by atoms with Gasteiger partial charge in [-0.3, -0.25) is 0 Å². The fraction of sp³-hybridized carbons (Fsp3) is 0.0625. The van der Waals surface area contributed by atoms with E-state index in [0.29, 0.717) is 5.02 Å². The van der Waals surface area contributed by atoms with Gasteiger partial charge in [-0.2, -0.15) is 0 Å². The quantitative estimate of drug-likeness (QED) is 0.660. The topological polar surface area (TPSA) is 24.9 Å². The number of thioether (sulfide) groups is 1. The summed E-state index contributed by atoms with van der Waals surface area (Å²) in [7, 11) is 0. The SMILES string of the molecule is CSc1ccc(Nc2ccc3cccc(Cl)c3n2)cc1. The molecule has 3 rings (SSSR count). The van der Waals surface area contributed by atoms with Crippen molar-refractivity contribution in [3.05, 3.63) is 59.6 Å². The molecule has 0 saturated carbocycles. The number of nitrogens with one attached hydrogen (secondary N) is 1. The average molecular weight is 301 g/mol. The van der Waals surface area contributed by atoms with E-state index >= 15 is 0 Å². The van der Waals surface area contributed by atoms with E-state index in [1.54, 1.807) is 11.8 Å². The van der Waals surface area contributed by atoms with Crippen LogP contribution in [0.2, 0.25) is 5.02 Å². The van der Waals surface area contributed by atoms with Crippen LogP contribution in [-0.4, -0.2) is 11.2 Å². The monoisotopic (exact) mass is 300 g/mol. The maximum Gasteiger partial charge on any atom is 0.131 e. The van der Waals surface area contributed by atoms with Crippen molar-refractivity contribution in [3.63, 3.8) is 0 Å². The Labute approximate surface area is 127 Å². The third kappa shape index (κ3) is 2.74. The van der Waals surface area contributed by atoms with E-state index in [1.165, 1.54) is 4.90 Å². The number of fused-ring (bicyclic) bond motifs is 1. The van der Waals surface area contributed by atoms with Gasteiger partial charge >= 0.3 is 0 Å². The summed E-state index contributed by atoms with van der Waals surface area (Å²) in [5.41, 5.74) is 1.83. The molecule has 0 aliphatic carbocycles. The first-order valence-electron chi connectivity index (χ1n) is 6.22. The number of anilines is 2. The van der Waals surface area contributed by atoms with Crippen LogP contribution in [0.3, 0.4) is 0 Å². The third-order valence-corrected chi connectivity index (χ3v) is 4.08. The second-order valence-corrected chi connectivity index (χ2v) is 5.65. The van der Waals surface area contributed by atoms with E-state index in [4.69, 9.17) is 11.6 Å². The van der Waals surface area contributed by atoms with E-state index in [9.17, 15) is 0 Å². The second kappa shape index (κ2) is 5.73. The van der Waals surface area contributed by atoms with Crippen LogP contribution in [0.1, 0.15) is 0 Å². The number of hydrogen-bond donors (Lipinski definition) is 1. The van der Waals surface area contributed by atoms with Crippen LogP contribution in [0.4, 0.5) is 11.5 Å². The van der Waals surface area contributed by atoms with Crippen LogP contribution in [0.15, 0.2) is 59.5 Å². The molecule has 4 heteroatoms. The van der Waals surface area contributed by atoms with Gasteiger partial charge in [0.25, 0.3) is 0 Å². The molecule has 0 aliphatic heterocycles. The van der Waals surface area contributed by atoms with Crippen molar-refractivity contribution in [3.8, 4) is 0 Å². The molecule has 100 valence electrons. The molecule has 0 spiro atoms. The van der Waals surface area contributed by atoms with Gasteiger partial charge < -0.3 is 5.32 Å². The molecule has 0 unspecified atom stereocenters. The van der Waals surface area contributed by atoms with Crippen LogP contribution in [-0.2, 0) is 0 Å². The molecule has 2 nitrogen and oxygen atoms in total. The largest absolute Gasteiger partial charge is 0.340 e. The first-order chi connectivity index (χ1) is 9.76. The second-order valence-electron chi connectivity index (χ2n) is 4.36. The summed E-state index contributed by atoms with van der Waals surface area (Å²) in [4.78, 5) is 5.81. The molecule has 1 heterocycles. The Morgan fingerprint density at radius 1 is 1.00 bits per heavy atom. The molecular formula is C16H13ClN2S. The smallest absolute Gasteiger partial charge is 0.131 e. The van der Waals surface area contributed by atoms with E-state index in [1.807, 2.05) is 42.5 Å². The van der Waals surface area contributed by atoms with Crippen molar-refractivity contribution in [1.82, 2.24) is 4.98 Å². The maximum atomic E-state index is 6.18. The highest BCUT2D eigenvalue weighted by atomic mass is 35.5. The lowest BCUT2D eigenvalue weighted by molar-refractivity contribution is 1.36. The van der Waals surface area contributed by atoms with Crippen molar-refractivity contribution < 1.29 is 0 Å². The average Bonchev–Trinajstić information content (AvgIpc) is 2.49. The molecule has 0 bridgehead atoms. The molecule has 20 heavy (non-hydrogen) atoms. The zero-order chi connectivity index (χ0) is 13.9. The molecule has 0 atom stereocenters. The van der Waals surface area contributed by atoms with Gasteiger partial charge in [0.2, 0.25) is 0 Å². The summed E-state index contributed by atoms with van der Waals surface area (Å²) < 4.78 is 0. The predicted molar refractivity (Wildman–Crippen MR) is 88.3 cm³/mol. The number of rotatable bonds is 3. The highest BCUT2D eigenvalue weighted by molar-refractivity contribution is 7.98. The van der Waals surface area contributed by atoms with Gasteiger partial charge in [0, 0.05) is 16.0 Å². The van der Waals surface area contributed by atoms with Gasteiger partial charge in [0.15, 0.2) is 0 Å². The molecule has 0 fully saturated rings. The Kier molecular flexibility index (Phi) is 3.81. The lowest BCUT2D eigenvalue weighted by Gasteiger charge is -2.08. The van der Waals surface area contributed by atoms with Crippen molar-refractivity contribution in [2.45, 2.75) is 4.90 Å². The van der Waals surface area contributed by atoms with E-state index in [0.717, 1.165) is 22.4 Å². The lowest BCUT2D eigenvalue weighted by atomic mass is 10.2. The molecule has 0 saturated heterocycles. The van der Waals surface area contributed by atoms with Crippen LogP contribution in [0.5, 0.6) is 0 Å². The summed E-state index contributed by atoms with van der Waals surface area (Å²) in [6.45, 7) is 0. The number of nitrogens with zero attached hydrogens (tertiary/aromatic N) is 1. The zero-order valence-electron chi connectivity index (χ0n) is 10.9. The van der Waals surface area contributed by atoms with Crippen molar-refractivity contribution in [2.24, 2.45) is 0 Å². The molecule has 0 amide bonds. The molecule has 0 aliphatic rings. The van der Waals surface area contributed by atoms with Crippen molar-refractivity contribution >= 4 is 45.8 Å². The van der Waals surface area contributed by atoms with Crippen LogP contribution in [0, 0.1) is 0 Å². The highest BCUT2D eigenvalue weighted by Crippen LogP contribution is 2.25. The van der Waals surface area contributed by atoms with Gasteiger partial charge in [0.1, 0.15) is 5.82 Å². The maximum absolute atomic E-state index is 6.18. The number of halogens is 1. The Morgan fingerprint density at radius 2 is 1.80 bits per heavy atom. The number of pyridine rings is 1. The van der Waals surface area contributed by atoms with Crippen LogP contribution < -0.4 is 5.32 Å². The van der Waals surface area contributed by atoms with Crippen molar-refractivity contribution in [2.75, 3.05) is 11.6 Å². The number of hydrogen-bond acceptors (Lipinski definition) is 3. The van der Waals surface area contributed by atoms with Gasteiger partial charge in [0.05, 0.1) is 10.5 Å². The molecule has 1 N–H and O–H groups in total. The van der Waals surface area contributed by atoms with E-state index in [2.05, 4.69) is 28.7 Å². The number of aromatic nitrogens is 1. The first kappa shape index (κ1) is 13.3. The Hall–Kier alpha value is -1.71. The Morgan fingerprint density at radius 3 is 2.55 bits per heavy atom. The first-order valence-corrected chi connectivity index (χ1v) is 7.83. The molecule has 2 aromatic carbocycles. The summed E-state index contributed by atoms with van der Waals surface area (Å²) >= 11 is 7.91. The van der Waals surface area contributed by atoms with E-state index < -0.39 is 0 Å². The summed E-state index contributed by atoms with van der Waals surface area (Å²) in [6.07, 6.45) is 2.06. The van der Waals surface area contributed by atoms with Gasteiger partial charge in [-0.25, -0.2) is 4.98 Å². The molecular weight excluding hydrogens is 288 g/mol. The standard InChI is InChI=1S/C16H13ClN2S/c1-20-13-8-6-12(7-9-13)18-15-10-5-11-3-2-4-14(17)16(11)19-15/h2-10H,1H3,(H,18,19). The minimum Gasteiger partial charge on any atom is -0.340 e. The Balaban J connectivity index is 1.92. The summed E-state index contributed by atoms with van der Waals surface area (Å²) in [5.74, 6) is 0.794. The van der Waals surface area contributed by atoms with Gasteiger partial charge in [-0.1, -0.05) is 23.7 Å². The number of para-hydroxylation sites is 1. The normalized spacial score (nSPS) is 10.7. The molecule has 1 aromatic heterocycles. The Bertz CT molecular complexity index is 741. The highest BCUT2D eigenvalue weighted by Gasteiger charge is 2.02.